The monoisotopic (exact) mass is 272 g/mol. The van der Waals surface area contributed by atoms with Gasteiger partial charge in [-0.25, -0.2) is 0 Å². The summed E-state index contributed by atoms with van der Waals surface area (Å²) in [4.78, 5) is 5.53. The minimum Gasteiger partial charge on any atom is -0.313 e. The van der Waals surface area contributed by atoms with E-state index in [1.54, 1.807) is 0 Å². The summed E-state index contributed by atoms with van der Waals surface area (Å²) in [5.74, 6) is 0.973. The SMILES string of the molecule is CCNCc1ccc(SCc2cncc(C)c2)cc1. The maximum absolute atomic E-state index is 4.22. The van der Waals surface area contributed by atoms with Crippen LogP contribution in [-0.4, -0.2) is 11.5 Å². The Morgan fingerprint density at radius 3 is 2.58 bits per heavy atom. The first-order chi connectivity index (χ1) is 9.28. The van der Waals surface area contributed by atoms with Crippen molar-refractivity contribution in [2.45, 2.75) is 31.0 Å². The van der Waals surface area contributed by atoms with Crippen LogP contribution in [0.3, 0.4) is 0 Å². The molecule has 2 rings (SSSR count). The molecule has 100 valence electrons. The highest BCUT2D eigenvalue weighted by molar-refractivity contribution is 7.98. The Morgan fingerprint density at radius 1 is 1.11 bits per heavy atom. The molecule has 0 atom stereocenters. The number of aryl methyl sites for hydroxylation is 1. The van der Waals surface area contributed by atoms with Crippen molar-refractivity contribution in [2.75, 3.05) is 6.54 Å². The molecule has 0 aliphatic carbocycles. The van der Waals surface area contributed by atoms with Crippen molar-refractivity contribution >= 4 is 11.8 Å². The summed E-state index contributed by atoms with van der Waals surface area (Å²) >= 11 is 1.85. The maximum atomic E-state index is 4.22. The average molecular weight is 272 g/mol. The summed E-state index contributed by atoms with van der Waals surface area (Å²) in [7, 11) is 0. The van der Waals surface area contributed by atoms with E-state index in [-0.39, 0.29) is 0 Å². The topological polar surface area (TPSA) is 24.9 Å². The van der Waals surface area contributed by atoms with Gasteiger partial charge in [0.05, 0.1) is 0 Å². The van der Waals surface area contributed by atoms with Crippen molar-refractivity contribution in [3.8, 4) is 0 Å². The van der Waals surface area contributed by atoms with Gasteiger partial charge in [0.1, 0.15) is 0 Å². The van der Waals surface area contributed by atoms with E-state index in [1.807, 2.05) is 24.2 Å². The van der Waals surface area contributed by atoms with Crippen LogP contribution in [-0.2, 0) is 12.3 Å². The molecular formula is C16H20N2S. The molecule has 19 heavy (non-hydrogen) atoms. The van der Waals surface area contributed by atoms with Gasteiger partial charge in [-0.3, -0.25) is 4.98 Å². The highest BCUT2D eigenvalue weighted by Crippen LogP contribution is 2.23. The second kappa shape index (κ2) is 7.31. The zero-order valence-electron chi connectivity index (χ0n) is 11.5. The lowest BCUT2D eigenvalue weighted by molar-refractivity contribution is 0.726. The van der Waals surface area contributed by atoms with E-state index in [1.165, 1.54) is 21.6 Å². The second-order valence-electron chi connectivity index (χ2n) is 4.58. The summed E-state index contributed by atoms with van der Waals surface area (Å²) in [6, 6.07) is 11.0. The number of pyridine rings is 1. The van der Waals surface area contributed by atoms with Crippen LogP contribution < -0.4 is 5.32 Å². The first-order valence-corrected chi connectivity index (χ1v) is 7.59. The van der Waals surface area contributed by atoms with Crippen molar-refractivity contribution in [1.82, 2.24) is 10.3 Å². The van der Waals surface area contributed by atoms with Crippen LogP contribution in [0, 0.1) is 6.92 Å². The summed E-state index contributed by atoms with van der Waals surface area (Å²) in [5.41, 5.74) is 3.84. The van der Waals surface area contributed by atoms with E-state index < -0.39 is 0 Å². The lowest BCUT2D eigenvalue weighted by atomic mass is 10.2. The first kappa shape index (κ1) is 14.1. The Bertz CT molecular complexity index is 508. The Hall–Kier alpha value is -1.32. The van der Waals surface area contributed by atoms with Gasteiger partial charge >= 0.3 is 0 Å². The van der Waals surface area contributed by atoms with Gasteiger partial charge in [0.15, 0.2) is 0 Å². The molecule has 0 amide bonds. The highest BCUT2D eigenvalue weighted by atomic mass is 32.2. The maximum Gasteiger partial charge on any atom is 0.0308 e. The molecule has 0 aliphatic heterocycles. The number of nitrogens with one attached hydrogen (secondary N) is 1. The average Bonchev–Trinajstić information content (AvgIpc) is 2.44. The third kappa shape index (κ3) is 4.69. The van der Waals surface area contributed by atoms with Gasteiger partial charge in [-0.05, 0) is 42.3 Å². The predicted octanol–water partition coefficient (Wildman–Crippen LogP) is 3.79. The van der Waals surface area contributed by atoms with Crippen molar-refractivity contribution in [1.29, 1.82) is 0 Å². The van der Waals surface area contributed by atoms with Crippen LogP contribution in [0.2, 0.25) is 0 Å². The van der Waals surface area contributed by atoms with E-state index in [0.717, 1.165) is 18.8 Å². The number of hydrogen-bond acceptors (Lipinski definition) is 3. The molecule has 0 fully saturated rings. The van der Waals surface area contributed by atoms with Gasteiger partial charge in [-0.2, -0.15) is 0 Å². The van der Waals surface area contributed by atoms with Crippen LogP contribution in [0.1, 0.15) is 23.6 Å². The van der Waals surface area contributed by atoms with Crippen molar-refractivity contribution < 1.29 is 0 Å². The predicted molar refractivity (Wildman–Crippen MR) is 82.4 cm³/mol. The van der Waals surface area contributed by atoms with Crippen molar-refractivity contribution in [3.63, 3.8) is 0 Å². The summed E-state index contributed by atoms with van der Waals surface area (Å²) in [6.07, 6.45) is 3.84. The number of rotatable bonds is 6. The van der Waals surface area contributed by atoms with E-state index >= 15 is 0 Å². The molecule has 0 bridgehead atoms. The van der Waals surface area contributed by atoms with Crippen molar-refractivity contribution in [3.05, 3.63) is 59.4 Å². The van der Waals surface area contributed by atoms with Crippen LogP contribution in [0.5, 0.6) is 0 Å². The van der Waals surface area contributed by atoms with Gasteiger partial charge in [0, 0.05) is 29.6 Å². The summed E-state index contributed by atoms with van der Waals surface area (Å²) in [6.45, 7) is 6.16. The molecule has 0 aliphatic rings. The van der Waals surface area contributed by atoms with E-state index in [4.69, 9.17) is 0 Å². The van der Waals surface area contributed by atoms with Crippen LogP contribution in [0.4, 0.5) is 0 Å². The molecule has 0 spiro atoms. The second-order valence-corrected chi connectivity index (χ2v) is 5.63. The Morgan fingerprint density at radius 2 is 1.89 bits per heavy atom. The number of benzene rings is 1. The molecule has 1 aromatic heterocycles. The molecule has 3 heteroatoms. The third-order valence-corrected chi connectivity index (χ3v) is 3.92. The zero-order valence-corrected chi connectivity index (χ0v) is 12.3. The Balaban J connectivity index is 1.89. The van der Waals surface area contributed by atoms with E-state index in [9.17, 15) is 0 Å². The van der Waals surface area contributed by atoms with Crippen LogP contribution >= 0.6 is 11.8 Å². The van der Waals surface area contributed by atoms with Gasteiger partial charge in [0.25, 0.3) is 0 Å². The minimum absolute atomic E-state index is 0.948. The summed E-state index contributed by atoms with van der Waals surface area (Å²) in [5, 5.41) is 3.33. The number of aromatic nitrogens is 1. The third-order valence-electron chi connectivity index (χ3n) is 2.84. The lowest BCUT2D eigenvalue weighted by Gasteiger charge is -2.05. The fourth-order valence-electron chi connectivity index (χ4n) is 1.84. The quantitative estimate of drug-likeness (QED) is 0.810. The van der Waals surface area contributed by atoms with Gasteiger partial charge in [0.2, 0.25) is 0 Å². The number of thioether (sulfide) groups is 1. The summed E-state index contributed by atoms with van der Waals surface area (Å²) < 4.78 is 0. The fraction of sp³-hybridized carbons (Fsp3) is 0.312. The van der Waals surface area contributed by atoms with Gasteiger partial charge < -0.3 is 5.32 Å². The van der Waals surface area contributed by atoms with Crippen LogP contribution in [0.25, 0.3) is 0 Å². The Kier molecular flexibility index (Phi) is 5.43. The molecule has 2 aromatic rings. The zero-order chi connectivity index (χ0) is 13.5. The molecular weight excluding hydrogens is 252 g/mol. The molecule has 0 unspecified atom stereocenters. The smallest absolute Gasteiger partial charge is 0.0308 e. The van der Waals surface area contributed by atoms with Crippen LogP contribution in [0.15, 0.2) is 47.6 Å². The normalized spacial score (nSPS) is 10.6. The van der Waals surface area contributed by atoms with Crippen molar-refractivity contribution in [2.24, 2.45) is 0 Å². The molecule has 2 nitrogen and oxygen atoms in total. The fourth-order valence-corrected chi connectivity index (χ4v) is 2.66. The molecule has 1 heterocycles. The largest absolute Gasteiger partial charge is 0.313 e. The first-order valence-electron chi connectivity index (χ1n) is 6.61. The molecule has 0 radical (unpaired) electrons. The highest BCUT2D eigenvalue weighted by Gasteiger charge is 1.98. The van der Waals surface area contributed by atoms with Gasteiger partial charge in [-0.15, -0.1) is 11.8 Å². The standard InChI is InChI=1S/C16H20N2S/c1-3-17-10-14-4-6-16(7-5-14)19-12-15-8-13(2)9-18-11-15/h4-9,11,17H,3,10,12H2,1-2H3. The minimum atomic E-state index is 0.948. The molecule has 0 saturated carbocycles. The van der Waals surface area contributed by atoms with Gasteiger partial charge in [-0.1, -0.05) is 25.1 Å². The molecule has 1 aromatic carbocycles. The molecule has 0 saturated heterocycles. The lowest BCUT2D eigenvalue weighted by Crippen LogP contribution is -2.11. The van der Waals surface area contributed by atoms with E-state index in [0.29, 0.717) is 0 Å². The molecule has 1 N–H and O–H groups in total. The number of nitrogens with zero attached hydrogens (tertiary/aromatic N) is 1. The number of hydrogen-bond donors (Lipinski definition) is 1. The Labute approximate surface area is 119 Å². The van der Waals surface area contributed by atoms with E-state index in [2.05, 4.69) is 54.5 Å².